The second-order valence-electron chi connectivity index (χ2n) is 14.5. The number of sulfonamides is 1. The molecule has 0 radical (unpaired) electrons. The number of ether oxygens (including phenoxy) is 1. The lowest BCUT2D eigenvalue weighted by atomic mass is 9.58. The number of rotatable bonds is 12. The summed E-state index contributed by atoms with van der Waals surface area (Å²) in [6.07, 6.45) is 7.24. The zero-order chi connectivity index (χ0) is 35.5. The number of hydrogen-bond donors (Lipinski definition) is 2. The summed E-state index contributed by atoms with van der Waals surface area (Å²) in [5.74, 6) is 0.237. The average molecular weight is 761 g/mol. The molecule has 1 aromatic carbocycles. The zero-order valence-corrected chi connectivity index (χ0v) is 31.4. The topological polar surface area (TPSA) is 132 Å². The van der Waals surface area contributed by atoms with E-state index in [0.717, 1.165) is 42.2 Å². The molecule has 2 aromatic heterocycles. The highest BCUT2D eigenvalue weighted by Gasteiger charge is 2.60. The normalized spacial score (nSPS) is 24.6. The second-order valence-corrected chi connectivity index (χ2v) is 17.1. The Morgan fingerprint density at radius 1 is 1.16 bits per heavy atom. The van der Waals surface area contributed by atoms with Crippen LogP contribution in [-0.2, 0) is 29.5 Å². The second kappa shape index (κ2) is 13.0. The van der Waals surface area contributed by atoms with Crippen molar-refractivity contribution in [2.45, 2.75) is 89.9 Å². The van der Waals surface area contributed by atoms with Gasteiger partial charge in [0, 0.05) is 47.8 Å². The molecule has 6 rings (SSSR count). The number of fused-ring (bicyclic) bond motifs is 4. The van der Waals surface area contributed by atoms with E-state index in [4.69, 9.17) is 14.0 Å². The van der Waals surface area contributed by atoms with Crippen molar-refractivity contribution in [1.82, 2.24) is 15.3 Å². The number of carbonyl (C=O) groups is 1. The Kier molecular flexibility index (Phi) is 9.57. The molecule has 1 atom stereocenters. The van der Waals surface area contributed by atoms with Gasteiger partial charge in [-0.1, -0.05) is 27.2 Å². The highest BCUT2D eigenvalue weighted by Crippen LogP contribution is 2.59. The molecule has 49 heavy (non-hydrogen) atoms. The number of amides is 1. The van der Waals surface area contributed by atoms with Gasteiger partial charge < -0.3 is 24.3 Å². The van der Waals surface area contributed by atoms with Crippen molar-refractivity contribution in [2.75, 3.05) is 35.6 Å². The molecule has 2 aliphatic heterocycles. The van der Waals surface area contributed by atoms with Crippen LogP contribution in [0.1, 0.15) is 72.8 Å². The fraction of sp³-hybridized carbons (Fsp3) is 0.559. The Bertz CT molecular complexity index is 1890. The first-order valence-corrected chi connectivity index (χ1v) is 19.4. The first kappa shape index (κ1) is 36.0. The van der Waals surface area contributed by atoms with Crippen LogP contribution in [-0.4, -0.2) is 74.6 Å². The van der Waals surface area contributed by atoms with E-state index in [1.807, 2.05) is 39.5 Å². The third-order valence-corrected chi connectivity index (χ3v) is 11.6. The van der Waals surface area contributed by atoms with Crippen molar-refractivity contribution < 1.29 is 31.6 Å². The molecule has 1 saturated heterocycles. The van der Waals surface area contributed by atoms with Gasteiger partial charge in [0.05, 0.1) is 44.7 Å². The summed E-state index contributed by atoms with van der Waals surface area (Å²) in [5, 5.41) is 4.04. The molecule has 1 spiro atoms. The van der Waals surface area contributed by atoms with Crippen LogP contribution in [0.5, 0.6) is 5.88 Å². The zero-order valence-electron chi connectivity index (χ0n) is 29.0. The number of nitrogens with zero attached hydrogens (tertiary/aromatic N) is 3. The van der Waals surface area contributed by atoms with Crippen LogP contribution in [0.25, 0.3) is 10.9 Å². The summed E-state index contributed by atoms with van der Waals surface area (Å²) < 4.78 is 60.7. The van der Waals surface area contributed by atoms with E-state index in [2.05, 4.69) is 42.9 Å². The van der Waals surface area contributed by atoms with Gasteiger partial charge in [0.15, 0.2) is 0 Å². The van der Waals surface area contributed by atoms with E-state index >= 15 is 0 Å². The van der Waals surface area contributed by atoms with Gasteiger partial charge in [0.1, 0.15) is 18.1 Å². The van der Waals surface area contributed by atoms with E-state index < -0.39 is 39.6 Å². The molecule has 4 heterocycles. The average Bonchev–Trinajstić information content (AvgIpc) is 3.39. The van der Waals surface area contributed by atoms with E-state index in [1.165, 1.54) is 6.07 Å². The Morgan fingerprint density at radius 3 is 2.57 bits per heavy atom. The van der Waals surface area contributed by atoms with Crippen LogP contribution < -0.4 is 25.1 Å². The summed E-state index contributed by atoms with van der Waals surface area (Å²) in [5.41, 5.74) is 0.605. The van der Waals surface area contributed by atoms with Crippen molar-refractivity contribution >= 4 is 66.7 Å². The van der Waals surface area contributed by atoms with Gasteiger partial charge in [0.25, 0.3) is 0 Å². The minimum Gasteiger partial charge on any atom is -0.475 e. The van der Waals surface area contributed by atoms with E-state index in [9.17, 15) is 17.6 Å². The number of nitrogens with one attached hydrogen (secondary N) is 2. The maximum absolute atomic E-state index is 14.5. The van der Waals surface area contributed by atoms with Crippen molar-refractivity contribution in [2.24, 2.45) is 5.92 Å². The van der Waals surface area contributed by atoms with E-state index in [-0.39, 0.29) is 23.5 Å². The van der Waals surface area contributed by atoms with Gasteiger partial charge in [-0.25, -0.2) is 17.8 Å². The minimum absolute atomic E-state index is 0.0405. The molecule has 3 aromatic rings. The third-order valence-electron chi connectivity index (χ3n) is 10.4. The molecule has 264 valence electrons. The first-order chi connectivity index (χ1) is 23.0. The number of anilines is 2. The highest BCUT2D eigenvalue weighted by atomic mass is 79.9. The Labute approximate surface area is 296 Å². The minimum atomic E-state index is -3.64. The molecule has 1 amide bonds. The van der Waals surface area contributed by atoms with Gasteiger partial charge in [-0.05, 0) is 74.0 Å². The van der Waals surface area contributed by atoms with Crippen molar-refractivity contribution in [3.63, 3.8) is 0 Å². The van der Waals surface area contributed by atoms with E-state index in [1.54, 1.807) is 24.5 Å². The molecule has 2 N–H and O–H groups in total. The van der Waals surface area contributed by atoms with Gasteiger partial charge in [0.2, 0.25) is 21.8 Å². The third kappa shape index (κ3) is 6.69. The monoisotopic (exact) mass is 759 g/mol. The van der Waals surface area contributed by atoms with Crippen LogP contribution in [0.2, 0.25) is 0 Å². The molecular weight excluding hydrogens is 716 g/mol. The van der Waals surface area contributed by atoms with E-state index in [0.29, 0.717) is 47.5 Å². The van der Waals surface area contributed by atoms with Crippen molar-refractivity contribution in [1.29, 1.82) is 0 Å². The predicted molar refractivity (Wildman–Crippen MR) is 192 cm³/mol. The number of aromatic nitrogens is 2. The van der Waals surface area contributed by atoms with Gasteiger partial charge in [-0.3, -0.25) is 14.5 Å². The lowest BCUT2D eigenvalue weighted by Crippen LogP contribution is -2.51. The Balaban J connectivity index is 1.25. The number of pyridine rings is 2. The van der Waals surface area contributed by atoms with Gasteiger partial charge >= 0.3 is 7.12 Å². The van der Waals surface area contributed by atoms with Crippen molar-refractivity contribution in [3.05, 3.63) is 46.4 Å². The lowest BCUT2D eigenvalue weighted by molar-refractivity contribution is -0.128. The van der Waals surface area contributed by atoms with Gasteiger partial charge in [-0.2, -0.15) is 0 Å². The number of benzene rings is 1. The lowest BCUT2D eigenvalue weighted by Gasteiger charge is -2.44. The number of halogens is 2. The van der Waals surface area contributed by atoms with Crippen LogP contribution in [0.3, 0.4) is 0 Å². The summed E-state index contributed by atoms with van der Waals surface area (Å²) >= 11 is 3.34. The molecule has 1 aliphatic carbocycles. The number of hydrogen-bond acceptors (Lipinski definition) is 9. The quantitative estimate of drug-likeness (QED) is 0.192. The smallest absolute Gasteiger partial charge is 0.475 e. The fourth-order valence-corrected chi connectivity index (χ4v) is 8.16. The van der Waals surface area contributed by atoms with Crippen LogP contribution in [0.4, 0.5) is 15.8 Å². The predicted octanol–water partition coefficient (Wildman–Crippen LogP) is 5.05. The van der Waals surface area contributed by atoms with Crippen molar-refractivity contribution in [3.8, 4) is 5.88 Å². The fourth-order valence-electron chi connectivity index (χ4n) is 7.27. The Hall–Kier alpha value is -2.85. The summed E-state index contributed by atoms with van der Waals surface area (Å²) in [6, 6.07) is 5.06. The highest BCUT2D eigenvalue weighted by molar-refractivity contribution is 9.10. The summed E-state index contributed by atoms with van der Waals surface area (Å²) in [7, 11) is -4.49. The Morgan fingerprint density at radius 2 is 1.90 bits per heavy atom. The maximum atomic E-state index is 14.5. The standard InChI is InChI=1S/C34H44BBrFN5O6S/c1-8-21-16-34(17-21)29-23-14-24(36)25(37)15-26(23)39-19-28(29)42(31(34)43)11-9-33(6)32(4,5)47-35(48-33)22-13-27(41-49(7,44)45)30(40-18-22)46-12-10-38-20(2)3/h13-15,18-21,38,41H,8-12,16-17H2,1-7H3. The molecule has 11 nitrogen and oxygen atoms in total. The van der Waals surface area contributed by atoms with Crippen LogP contribution in [0, 0.1) is 11.7 Å². The molecule has 3 aliphatic rings. The molecule has 1 unspecified atom stereocenters. The molecule has 2 fully saturated rings. The van der Waals surface area contributed by atoms with Crippen LogP contribution >= 0.6 is 15.9 Å². The largest absolute Gasteiger partial charge is 0.496 e. The van der Waals surface area contributed by atoms with Gasteiger partial charge in [-0.15, -0.1) is 0 Å². The molecule has 15 heteroatoms. The molecule has 1 saturated carbocycles. The summed E-state index contributed by atoms with van der Waals surface area (Å²) in [6.45, 7) is 13.2. The molecule has 0 bridgehead atoms. The first-order valence-electron chi connectivity index (χ1n) is 16.8. The summed E-state index contributed by atoms with van der Waals surface area (Å²) in [4.78, 5) is 25.2. The molecular formula is C34H44BBrFN5O6S. The van der Waals surface area contributed by atoms with Crippen LogP contribution in [0.15, 0.2) is 35.1 Å². The number of carbonyl (C=O) groups excluding carboxylic acids is 1. The SMILES string of the molecule is CCC1CC2(C1)C(=O)N(CCC1(C)OB(c3cnc(OCCNC(C)C)c(NS(C)(=O)=O)c3)OC1(C)C)c1cnc3cc(F)c(Br)cc3c12. The maximum Gasteiger partial charge on any atom is 0.496 e.